The minimum Gasteiger partial charge on any atom is -0.465 e. The van der Waals surface area contributed by atoms with Crippen LogP contribution in [0.4, 0.5) is 0 Å². The molecule has 2 rings (SSSR count). The molecule has 0 spiro atoms. The van der Waals surface area contributed by atoms with Crippen molar-refractivity contribution in [1.29, 1.82) is 0 Å². The first kappa shape index (κ1) is 13.6. The maximum Gasteiger partial charge on any atom is 0.244 e. The summed E-state index contributed by atoms with van der Waals surface area (Å²) >= 11 is 0. The van der Waals surface area contributed by atoms with E-state index in [1.807, 2.05) is 0 Å². The van der Waals surface area contributed by atoms with Crippen molar-refractivity contribution in [2.75, 3.05) is 0 Å². The number of aliphatic hydroxyl groups is 1. The van der Waals surface area contributed by atoms with Gasteiger partial charge in [0, 0.05) is 11.6 Å². The molecule has 1 saturated carbocycles. The third-order valence-electron chi connectivity index (χ3n) is 3.43. The SMILES string of the molecule is Cc1oc(C)c(S(=O)(=O)NC2CCCC2)c1CO. The zero-order chi connectivity index (χ0) is 13.3. The lowest BCUT2D eigenvalue weighted by Gasteiger charge is -2.12. The maximum atomic E-state index is 12.3. The minimum atomic E-state index is -3.60. The van der Waals surface area contributed by atoms with E-state index in [1.54, 1.807) is 13.8 Å². The van der Waals surface area contributed by atoms with Crippen LogP contribution in [0.2, 0.25) is 0 Å². The average molecular weight is 273 g/mol. The molecule has 0 atom stereocenters. The summed E-state index contributed by atoms with van der Waals surface area (Å²) in [6, 6.07) is 0.0103. The Morgan fingerprint density at radius 3 is 2.44 bits per heavy atom. The number of rotatable bonds is 4. The molecule has 2 N–H and O–H groups in total. The fraction of sp³-hybridized carbons (Fsp3) is 0.667. The zero-order valence-electron chi connectivity index (χ0n) is 10.7. The van der Waals surface area contributed by atoms with E-state index in [4.69, 9.17) is 4.42 Å². The van der Waals surface area contributed by atoms with E-state index in [1.165, 1.54) is 0 Å². The fourth-order valence-electron chi connectivity index (χ4n) is 2.57. The molecule has 1 aliphatic carbocycles. The van der Waals surface area contributed by atoms with E-state index >= 15 is 0 Å². The largest absolute Gasteiger partial charge is 0.465 e. The molecule has 102 valence electrons. The lowest BCUT2D eigenvalue weighted by Crippen LogP contribution is -2.33. The molecule has 1 aromatic rings. The first-order chi connectivity index (χ1) is 8.45. The Morgan fingerprint density at radius 2 is 1.89 bits per heavy atom. The molecule has 1 fully saturated rings. The van der Waals surface area contributed by atoms with E-state index in [0.717, 1.165) is 25.7 Å². The summed E-state index contributed by atoms with van der Waals surface area (Å²) in [7, 11) is -3.60. The van der Waals surface area contributed by atoms with Gasteiger partial charge in [-0.1, -0.05) is 12.8 Å². The Labute approximate surface area is 107 Å². The van der Waals surface area contributed by atoms with Gasteiger partial charge in [-0.2, -0.15) is 0 Å². The second-order valence-electron chi connectivity index (χ2n) is 4.78. The van der Waals surface area contributed by atoms with Gasteiger partial charge in [-0.05, 0) is 26.7 Å². The molecule has 0 bridgehead atoms. The van der Waals surface area contributed by atoms with E-state index in [0.29, 0.717) is 17.1 Å². The first-order valence-corrected chi connectivity index (χ1v) is 7.66. The van der Waals surface area contributed by atoms with Crippen LogP contribution in [0.1, 0.15) is 42.8 Å². The van der Waals surface area contributed by atoms with Gasteiger partial charge in [-0.3, -0.25) is 0 Å². The first-order valence-electron chi connectivity index (χ1n) is 6.17. The summed E-state index contributed by atoms with van der Waals surface area (Å²) in [5.74, 6) is 0.795. The average Bonchev–Trinajstić information content (AvgIpc) is 2.85. The third-order valence-corrected chi connectivity index (χ3v) is 5.14. The standard InChI is InChI=1S/C12H19NO4S/c1-8-11(7-14)12(9(2)17-8)18(15,16)13-10-5-3-4-6-10/h10,13-14H,3-7H2,1-2H3. The van der Waals surface area contributed by atoms with Crippen LogP contribution in [0.15, 0.2) is 9.31 Å². The molecule has 0 saturated heterocycles. The third kappa shape index (κ3) is 2.46. The Bertz CT molecular complexity index is 527. The molecule has 1 aromatic heterocycles. The topological polar surface area (TPSA) is 79.5 Å². The maximum absolute atomic E-state index is 12.3. The quantitative estimate of drug-likeness (QED) is 0.873. The number of sulfonamides is 1. The fourth-order valence-corrected chi connectivity index (χ4v) is 4.31. The van der Waals surface area contributed by atoms with Gasteiger partial charge < -0.3 is 9.52 Å². The van der Waals surface area contributed by atoms with E-state index < -0.39 is 10.0 Å². The number of nitrogens with one attached hydrogen (secondary N) is 1. The normalized spacial score (nSPS) is 17.5. The van der Waals surface area contributed by atoms with Crippen LogP contribution in [0.3, 0.4) is 0 Å². The second-order valence-corrected chi connectivity index (χ2v) is 6.43. The van der Waals surface area contributed by atoms with Crippen LogP contribution in [0.25, 0.3) is 0 Å². The lowest BCUT2D eigenvalue weighted by atomic mass is 10.2. The van der Waals surface area contributed by atoms with Crippen LogP contribution in [0.5, 0.6) is 0 Å². The van der Waals surface area contributed by atoms with Gasteiger partial charge in [0.25, 0.3) is 0 Å². The highest BCUT2D eigenvalue weighted by Gasteiger charge is 2.29. The summed E-state index contributed by atoms with van der Waals surface area (Å²) < 4.78 is 32.6. The molecule has 18 heavy (non-hydrogen) atoms. The molecule has 0 amide bonds. The molecule has 1 aliphatic rings. The summed E-state index contributed by atoms with van der Waals surface area (Å²) in [5.41, 5.74) is 0.359. The van der Waals surface area contributed by atoms with Crippen molar-refractivity contribution in [3.8, 4) is 0 Å². The molecule has 0 unspecified atom stereocenters. The molecular formula is C12H19NO4S. The van der Waals surface area contributed by atoms with Gasteiger partial charge in [0.1, 0.15) is 16.4 Å². The number of aliphatic hydroxyl groups excluding tert-OH is 1. The van der Waals surface area contributed by atoms with Crippen LogP contribution >= 0.6 is 0 Å². The van der Waals surface area contributed by atoms with Crippen LogP contribution < -0.4 is 4.72 Å². The predicted octanol–water partition coefficient (Wildman–Crippen LogP) is 1.61. The molecule has 5 nitrogen and oxygen atoms in total. The zero-order valence-corrected chi connectivity index (χ0v) is 11.5. The Hall–Kier alpha value is -0.850. The number of furan rings is 1. The highest BCUT2D eigenvalue weighted by Crippen LogP contribution is 2.28. The van der Waals surface area contributed by atoms with E-state index in [9.17, 15) is 13.5 Å². The molecule has 0 radical (unpaired) electrons. The summed E-state index contributed by atoms with van der Waals surface area (Å²) in [6.45, 7) is 2.94. The Morgan fingerprint density at radius 1 is 1.28 bits per heavy atom. The van der Waals surface area contributed by atoms with Crippen molar-refractivity contribution in [3.63, 3.8) is 0 Å². The molecular weight excluding hydrogens is 254 g/mol. The van der Waals surface area contributed by atoms with Gasteiger partial charge in [-0.15, -0.1) is 0 Å². The van der Waals surface area contributed by atoms with E-state index in [-0.39, 0.29) is 17.5 Å². The number of hydrogen-bond acceptors (Lipinski definition) is 4. The van der Waals surface area contributed by atoms with Crippen molar-refractivity contribution >= 4 is 10.0 Å². The second kappa shape index (κ2) is 5.03. The molecule has 6 heteroatoms. The highest BCUT2D eigenvalue weighted by atomic mass is 32.2. The van der Waals surface area contributed by atoms with Crippen LogP contribution in [-0.2, 0) is 16.6 Å². The summed E-state index contributed by atoms with van der Waals surface area (Å²) in [5, 5.41) is 9.28. The Kier molecular flexibility index (Phi) is 3.79. The monoisotopic (exact) mass is 273 g/mol. The molecule has 1 heterocycles. The molecule has 0 aromatic carbocycles. The number of aryl methyl sites for hydroxylation is 2. The lowest BCUT2D eigenvalue weighted by molar-refractivity contribution is 0.276. The van der Waals surface area contributed by atoms with Crippen molar-refractivity contribution in [2.45, 2.75) is 57.1 Å². The van der Waals surface area contributed by atoms with Gasteiger partial charge in [0.05, 0.1) is 6.61 Å². The predicted molar refractivity (Wildman–Crippen MR) is 66.7 cm³/mol. The Balaban J connectivity index is 2.34. The van der Waals surface area contributed by atoms with Crippen LogP contribution in [-0.4, -0.2) is 19.6 Å². The van der Waals surface area contributed by atoms with Gasteiger partial charge in [0.2, 0.25) is 10.0 Å². The smallest absolute Gasteiger partial charge is 0.244 e. The van der Waals surface area contributed by atoms with Crippen molar-refractivity contribution < 1.29 is 17.9 Å². The summed E-state index contributed by atoms with van der Waals surface area (Å²) in [4.78, 5) is 0.106. The minimum absolute atomic E-state index is 0.0103. The summed E-state index contributed by atoms with van der Waals surface area (Å²) in [6.07, 6.45) is 3.88. The van der Waals surface area contributed by atoms with Gasteiger partial charge >= 0.3 is 0 Å². The van der Waals surface area contributed by atoms with E-state index in [2.05, 4.69) is 4.72 Å². The number of hydrogen-bond donors (Lipinski definition) is 2. The van der Waals surface area contributed by atoms with Gasteiger partial charge in [0.15, 0.2) is 0 Å². The molecule has 0 aliphatic heterocycles. The van der Waals surface area contributed by atoms with Crippen molar-refractivity contribution in [2.24, 2.45) is 0 Å². The van der Waals surface area contributed by atoms with Gasteiger partial charge in [-0.25, -0.2) is 13.1 Å². The van der Waals surface area contributed by atoms with Crippen molar-refractivity contribution in [1.82, 2.24) is 4.72 Å². The van der Waals surface area contributed by atoms with Crippen molar-refractivity contribution in [3.05, 3.63) is 17.1 Å². The van der Waals surface area contributed by atoms with Crippen LogP contribution in [0, 0.1) is 13.8 Å². The highest BCUT2D eigenvalue weighted by molar-refractivity contribution is 7.89.